The molecule has 1 aliphatic rings. The Morgan fingerprint density at radius 1 is 1.25 bits per heavy atom. The molecular weight excluding hydrogens is 449 g/mol. The molecule has 8 heteroatoms. The Morgan fingerprint density at radius 2 is 2.04 bits per heavy atom. The molecule has 0 unspecified atom stereocenters. The highest BCUT2D eigenvalue weighted by Gasteiger charge is 2.30. The van der Waals surface area contributed by atoms with E-state index in [-0.39, 0.29) is 11.8 Å². The number of hydrogen-bond acceptors (Lipinski definition) is 4. The summed E-state index contributed by atoms with van der Waals surface area (Å²) in [5.74, 6) is 0.278. The number of hydrogen-bond donors (Lipinski definition) is 0. The smallest absolute Gasteiger partial charge is 0.255 e. The number of carbonyl (C=O) groups is 1. The van der Waals surface area contributed by atoms with E-state index in [9.17, 15) is 9.18 Å². The van der Waals surface area contributed by atoms with E-state index in [2.05, 4.69) is 26.1 Å². The lowest BCUT2D eigenvalue weighted by Crippen LogP contribution is -2.39. The Kier molecular flexibility index (Phi) is 5.46. The van der Waals surface area contributed by atoms with Gasteiger partial charge in [0, 0.05) is 28.1 Å². The third-order valence-electron chi connectivity index (χ3n) is 4.76. The summed E-state index contributed by atoms with van der Waals surface area (Å²) in [4.78, 5) is 19.1. The quantitative estimate of drug-likeness (QED) is 0.527. The summed E-state index contributed by atoms with van der Waals surface area (Å²) in [5, 5.41) is 4.69. The molecule has 0 aliphatic carbocycles. The summed E-state index contributed by atoms with van der Waals surface area (Å²) in [5.41, 5.74) is 1.12. The van der Waals surface area contributed by atoms with Gasteiger partial charge in [0.05, 0.1) is 11.5 Å². The highest BCUT2D eigenvalue weighted by Crippen LogP contribution is 2.30. The maximum Gasteiger partial charge on any atom is 0.255 e. The molecule has 0 spiro atoms. The van der Waals surface area contributed by atoms with Crippen molar-refractivity contribution in [3.8, 4) is 11.4 Å². The fourth-order valence-corrected chi connectivity index (χ4v) is 3.85. The second-order valence-electron chi connectivity index (χ2n) is 6.68. The Hall–Kier alpha value is -2.25. The highest BCUT2D eigenvalue weighted by atomic mass is 79.9. The molecule has 28 heavy (non-hydrogen) atoms. The van der Waals surface area contributed by atoms with Gasteiger partial charge in [-0.1, -0.05) is 16.8 Å². The first kappa shape index (κ1) is 19.1. The fourth-order valence-electron chi connectivity index (χ4n) is 3.31. The molecule has 0 saturated carbocycles. The molecule has 4 rings (SSSR count). The lowest BCUT2D eigenvalue weighted by atomic mass is 9.97. The van der Waals surface area contributed by atoms with Crippen LogP contribution in [-0.4, -0.2) is 34.0 Å². The molecule has 1 amide bonds. The summed E-state index contributed by atoms with van der Waals surface area (Å²) in [6.07, 6.45) is 1.65. The van der Waals surface area contributed by atoms with Crippen molar-refractivity contribution < 1.29 is 13.7 Å². The number of benzene rings is 2. The van der Waals surface area contributed by atoms with E-state index in [0.717, 1.165) is 18.4 Å². The van der Waals surface area contributed by atoms with E-state index in [0.29, 0.717) is 39.9 Å². The van der Waals surface area contributed by atoms with Gasteiger partial charge < -0.3 is 9.42 Å². The van der Waals surface area contributed by atoms with E-state index >= 15 is 0 Å². The van der Waals surface area contributed by atoms with E-state index < -0.39 is 5.82 Å². The minimum absolute atomic E-state index is 0.0569. The molecule has 3 aromatic rings. The Balaban J connectivity index is 1.52. The molecule has 0 radical (unpaired) electrons. The van der Waals surface area contributed by atoms with Crippen molar-refractivity contribution in [3.63, 3.8) is 0 Å². The SMILES string of the molecule is O=C(c1cc(F)ccc1Br)N1CCC[C@H](c2nc(-c3ccc(Cl)cc3)no2)C1. The van der Waals surface area contributed by atoms with E-state index in [1.54, 1.807) is 23.1 Å². The van der Waals surface area contributed by atoms with Crippen molar-refractivity contribution >= 4 is 33.4 Å². The van der Waals surface area contributed by atoms with Gasteiger partial charge in [-0.05, 0) is 71.2 Å². The van der Waals surface area contributed by atoms with Crippen LogP contribution in [0, 0.1) is 5.82 Å². The molecule has 1 fully saturated rings. The third kappa shape index (κ3) is 3.95. The second-order valence-corrected chi connectivity index (χ2v) is 7.97. The van der Waals surface area contributed by atoms with Gasteiger partial charge in [0.2, 0.25) is 11.7 Å². The monoisotopic (exact) mass is 463 g/mol. The van der Waals surface area contributed by atoms with Crippen molar-refractivity contribution in [1.82, 2.24) is 15.0 Å². The topological polar surface area (TPSA) is 59.2 Å². The molecule has 2 heterocycles. The first-order valence-corrected chi connectivity index (χ1v) is 10.0. The molecule has 144 valence electrons. The van der Waals surface area contributed by atoms with Gasteiger partial charge in [-0.15, -0.1) is 0 Å². The average molecular weight is 465 g/mol. The zero-order chi connectivity index (χ0) is 19.7. The van der Waals surface area contributed by atoms with Crippen molar-refractivity contribution in [2.24, 2.45) is 0 Å². The standard InChI is InChI=1S/C20H16BrClFN3O2/c21-17-8-7-15(23)10-16(17)20(27)26-9-1-2-13(11-26)19-24-18(25-28-19)12-3-5-14(22)6-4-12/h3-8,10,13H,1-2,9,11H2/t13-/m0/s1. The van der Waals surface area contributed by atoms with Crippen molar-refractivity contribution in [2.75, 3.05) is 13.1 Å². The lowest BCUT2D eigenvalue weighted by molar-refractivity contribution is 0.0694. The number of amides is 1. The van der Waals surface area contributed by atoms with Gasteiger partial charge in [0.1, 0.15) is 5.82 Å². The van der Waals surface area contributed by atoms with Crippen LogP contribution < -0.4 is 0 Å². The summed E-state index contributed by atoms with van der Waals surface area (Å²) < 4.78 is 19.6. The number of piperidine rings is 1. The summed E-state index contributed by atoms with van der Waals surface area (Å²) in [6, 6.07) is 11.3. The Bertz CT molecular complexity index is 1010. The van der Waals surface area contributed by atoms with Gasteiger partial charge in [0.15, 0.2) is 0 Å². The van der Waals surface area contributed by atoms with E-state index in [4.69, 9.17) is 16.1 Å². The van der Waals surface area contributed by atoms with Gasteiger partial charge in [0.25, 0.3) is 5.91 Å². The summed E-state index contributed by atoms with van der Waals surface area (Å²) in [7, 11) is 0. The minimum atomic E-state index is -0.440. The van der Waals surface area contributed by atoms with Crippen molar-refractivity contribution in [1.29, 1.82) is 0 Å². The van der Waals surface area contributed by atoms with Gasteiger partial charge in [-0.3, -0.25) is 4.79 Å². The van der Waals surface area contributed by atoms with Gasteiger partial charge in [-0.25, -0.2) is 4.39 Å². The van der Waals surface area contributed by atoms with Gasteiger partial charge >= 0.3 is 0 Å². The average Bonchev–Trinajstić information content (AvgIpc) is 3.20. The van der Waals surface area contributed by atoms with Crippen LogP contribution in [0.1, 0.15) is 35.0 Å². The molecular formula is C20H16BrClFN3O2. The molecule has 5 nitrogen and oxygen atoms in total. The summed E-state index contributed by atoms with van der Waals surface area (Å²) in [6.45, 7) is 1.06. The molecule has 0 N–H and O–H groups in total. The second kappa shape index (κ2) is 8.01. The van der Waals surface area contributed by atoms with E-state index in [1.165, 1.54) is 12.1 Å². The fraction of sp³-hybridized carbons (Fsp3) is 0.250. The highest BCUT2D eigenvalue weighted by molar-refractivity contribution is 9.10. The largest absolute Gasteiger partial charge is 0.339 e. The number of carbonyl (C=O) groups excluding carboxylic acids is 1. The van der Waals surface area contributed by atoms with Crippen LogP contribution in [-0.2, 0) is 0 Å². The first-order valence-electron chi connectivity index (χ1n) is 8.85. The van der Waals surface area contributed by atoms with Crippen LogP contribution in [0.15, 0.2) is 51.5 Å². The van der Waals surface area contributed by atoms with Gasteiger partial charge in [-0.2, -0.15) is 4.98 Å². The van der Waals surface area contributed by atoms with Crippen molar-refractivity contribution in [2.45, 2.75) is 18.8 Å². The molecule has 0 bridgehead atoms. The van der Waals surface area contributed by atoms with Crippen LogP contribution in [0.4, 0.5) is 4.39 Å². The maximum absolute atomic E-state index is 13.6. The van der Waals surface area contributed by atoms with Crippen molar-refractivity contribution in [3.05, 3.63) is 69.2 Å². The number of aromatic nitrogens is 2. The predicted molar refractivity (Wildman–Crippen MR) is 107 cm³/mol. The number of halogens is 3. The number of nitrogens with zero attached hydrogens (tertiary/aromatic N) is 3. The Labute approximate surface area is 174 Å². The van der Waals surface area contributed by atoms with E-state index in [1.807, 2.05) is 12.1 Å². The molecule has 1 aromatic heterocycles. The molecule has 1 atom stereocenters. The molecule has 1 saturated heterocycles. The van der Waals surface area contributed by atoms with Crippen LogP contribution >= 0.6 is 27.5 Å². The minimum Gasteiger partial charge on any atom is -0.339 e. The maximum atomic E-state index is 13.6. The zero-order valence-electron chi connectivity index (χ0n) is 14.7. The lowest BCUT2D eigenvalue weighted by Gasteiger charge is -2.31. The van der Waals surface area contributed by atoms with Crippen LogP contribution in [0.2, 0.25) is 5.02 Å². The van der Waals surface area contributed by atoms with Crippen LogP contribution in [0.25, 0.3) is 11.4 Å². The zero-order valence-corrected chi connectivity index (χ0v) is 17.1. The Morgan fingerprint density at radius 3 is 2.82 bits per heavy atom. The third-order valence-corrected chi connectivity index (χ3v) is 5.70. The normalized spacial score (nSPS) is 17.0. The predicted octanol–water partition coefficient (Wildman–Crippen LogP) is 5.31. The summed E-state index contributed by atoms with van der Waals surface area (Å²) >= 11 is 9.24. The van der Waals surface area contributed by atoms with Crippen LogP contribution in [0.3, 0.4) is 0 Å². The number of likely N-dealkylation sites (tertiary alicyclic amines) is 1. The van der Waals surface area contributed by atoms with Crippen LogP contribution in [0.5, 0.6) is 0 Å². The molecule has 2 aromatic carbocycles. The molecule has 1 aliphatic heterocycles. The first-order chi connectivity index (χ1) is 13.5. The number of rotatable bonds is 3.